The fourth-order valence-electron chi connectivity index (χ4n) is 4.23. The Morgan fingerprint density at radius 2 is 2.15 bits per heavy atom. The molecule has 0 spiro atoms. The molecule has 0 amide bonds. The molecule has 0 aliphatic carbocycles. The average molecular weight is 462 g/mol. The number of imidazole rings is 2. The van der Waals surface area contributed by atoms with E-state index < -0.39 is 17.5 Å². The molecular weight excluding hydrogens is 449 g/mol. The maximum Gasteiger partial charge on any atom is 0.328 e. The minimum Gasteiger partial charge on any atom is -0.490 e. The molecule has 9 nitrogen and oxygen atoms in total. The van der Waals surface area contributed by atoms with E-state index in [1.807, 2.05) is 0 Å². The molecule has 162 valence electrons. The zero-order valence-electron chi connectivity index (χ0n) is 16.8. The van der Waals surface area contributed by atoms with E-state index in [0.29, 0.717) is 44.8 Å². The molecule has 0 unspecified atom stereocenters. The molecule has 1 N–H and O–H groups in total. The van der Waals surface area contributed by atoms with Gasteiger partial charge in [0, 0.05) is 17.0 Å². The quantitative estimate of drug-likeness (QED) is 0.430. The van der Waals surface area contributed by atoms with E-state index in [1.54, 1.807) is 29.1 Å². The second-order valence-electron chi connectivity index (χ2n) is 7.56. The van der Waals surface area contributed by atoms with Gasteiger partial charge in [-0.3, -0.25) is 9.13 Å². The largest absolute Gasteiger partial charge is 0.490 e. The van der Waals surface area contributed by atoms with Crippen LogP contribution in [0.5, 0.6) is 5.75 Å². The summed E-state index contributed by atoms with van der Waals surface area (Å²) in [6.07, 6.45) is 3.46. The minimum absolute atomic E-state index is 0.0407. The molecule has 1 aliphatic heterocycles. The predicted octanol–water partition coefficient (Wildman–Crippen LogP) is 3.49. The Morgan fingerprint density at radius 1 is 1.27 bits per heavy atom. The van der Waals surface area contributed by atoms with Crippen molar-refractivity contribution in [2.75, 3.05) is 6.61 Å². The Balaban J connectivity index is 1.57. The second-order valence-corrected chi connectivity index (χ2v) is 7.97. The lowest BCUT2D eigenvalue weighted by Crippen LogP contribution is -2.28. The molecular formula is C22H13ClFN7O2. The van der Waals surface area contributed by atoms with Crippen molar-refractivity contribution < 1.29 is 9.13 Å². The number of hydrogen-bond donors (Lipinski definition) is 1. The first-order chi connectivity index (χ1) is 16.0. The molecule has 3 aromatic heterocycles. The number of aromatic nitrogens is 6. The highest BCUT2D eigenvalue weighted by molar-refractivity contribution is 6.31. The third-order valence-electron chi connectivity index (χ3n) is 5.71. The van der Waals surface area contributed by atoms with Crippen LogP contribution in [0.15, 0.2) is 47.7 Å². The maximum absolute atomic E-state index is 14.4. The summed E-state index contributed by atoms with van der Waals surface area (Å²) in [5.41, 5.74) is 2.53. The van der Waals surface area contributed by atoms with Crippen LogP contribution in [-0.4, -0.2) is 35.7 Å². The number of benzene rings is 2. The van der Waals surface area contributed by atoms with E-state index in [0.717, 1.165) is 0 Å². The molecule has 0 bridgehead atoms. The first kappa shape index (κ1) is 19.5. The number of nitrogens with one attached hydrogen (secondary N) is 1. The van der Waals surface area contributed by atoms with Gasteiger partial charge in [0.2, 0.25) is 5.95 Å². The lowest BCUT2D eigenvalue weighted by molar-refractivity contribution is 0.244. The van der Waals surface area contributed by atoms with Crippen LogP contribution in [0.3, 0.4) is 0 Å². The number of aromatic amines is 1. The first-order valence-electron chi connectivity index (χ1n) is 10.0. The third-order valence-corrected chi connectivity index (χ3v) is 6.04. The minimum atomic E-state index is -0.578. The molecule has 11 heteroatoms. The van der Waals surface area contributed by atoms with Gasteiger partial charge in [-0.15, -0.1) is 0 Å². The SMILES string of the molecule is N#Cc1ccc2ncn(-c3ncc4[nH]c(=O)n([C@@H]5CCOc6c(F)ccc(Cl)c65)c4n3)c2c1. The van der Waals surface area contributed by atoms with Crippen LogP contribution >= 0.6 is 11.6 Å². The van der Waals surface area contributed by atoms with Gasteiger partial charge in [-0.2, -0.15) is 10.2 Å². The molecule has 0 saturated carbocycles. The van der Waals surface area contributed by atoms with Crippen molar-refractivity contribution in [1.29, 1.82) is 5.26 Å². The van der Waals surface area contributed by atoms with Crippen LogP contribution in [-0.2, 0) is 0 Å². The highest BCUT2D eigenvalue weighted by Gasteiger charge is 2.31. The Kier molecular flexibility index (Phi) is 4.21. The number of fused-ring (bicyclic) bond motifs is 3. The van der Waals surface area contributed by atoms with Gasteiger partial charge >= 0.3 is 5.69 Å². The van der Waals surface area contributed by atoms with E-state index in [1.165, 1.54) is 22.9 Å². The third kappa shape index (κ3) is 2.90. The number of H-pyrrole nitrogens is 1. The van der Waals surface area contributed by atoms with Gasteiger partial charge in [0.05, 0.1) is 41.5 Å². The van der Waals surface area contributed by atoms with E-state index in [4.69, 9.17) is 16.3 Å². The molecule has 0 radical (unpaired) electrons. The van der Waals surface area contributed by atoms with Gasteiger partial charge in [0.15, 0.2) is 17.2 Å². The number of nitrogens with zero attached hydrogens (tertiary/aromatic N) is 6. The number of rotatable bonds is 2. The molecule has 0 fully saturated rings. The standard InChI is InChI=1S/C22H13ClFN7O2/c23-12-2-3-13(24)19-18(12)16(5-6-33-19)31-20-15(28-22(31)32)9-26-21(29-20)30-10-27-14-4-1-11(8-25)7-17(14)30/h1-4,7,9-10,16H,5-6H2,(H,28,32)/t16-/m1/s1. The van der Waals surface area contributed by atoms with E-state index in [2.05, 4.69) is 26.0 Å². The van der Waals surface area contributed by atoms with Gasteiger partial charge < -0.3 is 9.72 Å². The first-order valence-corrected chi connectivity index (χ1v) is 10.4. The van der Waals surface area contributed by atoms with Crippen molar-refractivity contribution in [3.05, 3.63) is 75.3 Å². The molecule has 33 heavy (non-hydrogen) atoms. The van der Waals surface area contributed by atoms with Crippen LogP contribution < -0.4 is 10.4 Å². The maximum atomic E-state index is 14.4. The van der Waals surface area contributed by atoms with Gasteiger partial charge in [-0.1, -0.05) is 11.6 Å². The summed E-state index contributed by atoms with van der Waals surface area (Å²) in [5.74, 6) is -0.232. The zero-order valence-corrected chi connectivity index (χ0v) is 17.5. The van der Waals surface area contributed by atoms with Crippen molar-refractivity contribution in [2.24, 2.45) is 0 Å². The van der Waals surface area contributed by atoms with Crippen molar-refractivity contribution in [1.82, 2.24) is 29.1 Å². The Bertz CT molecular complexity index is 1680. The van der Waals surface area contributed by atoms with Crippen molar-refractivity contribution in [3.63, 3.8) is 0 Å². The monoisotopic (exact) mass is 461 g/mol. The molecule has 1 aliphatic rings. The smallest absolute Gasteiger partial charge is 0.328 e. The molecule has 0 saturated heterocycles. The van der Waals surface area contributed by atoms with Crippen LogP contribution in [0.4, 0.5) is 4.39 Å². The van der Waals surface area contributed by atoms with Crippen molar-refractivity contribution in [3.8, 4) is 17.8 Å². The average Bonchev–Trinajstić information content (AvgIpc) is 3.40. The summed E-state index contributed by atoms with van der Waals surface area (Å²) in [7, 11) is 0. The number of halogens is 2. The molecule has 4 heterocycles. The van der Waals surface area contributed by atoms with Gasteiger partial charge in [-0.25, -0.2) is 19.2 Å². The van der Waals surface area contributed by atoms with Crippen LogP contribution in [0, 0.1) is 17.1 Å². The Hall–Kier alpha value is -4.23. The Morgan fingerprint density at radius 3 is 3.00 bits per heavy atom. The molecule has 1 atom stereocenters. The summed E-state index contributed by atoms with van der Waals surface area (Å²) in [6, 6.07) is 9.32. The fourth-order valence-corrected chi connectivity index (χ4v) is 4.51. The highest BCUT2D eigenvalue weighted by atomic mass is 35.5. The topological polar surface area (TPSA) is 114 Å². The number of hydrogen-bond acceptors (Lipinski definition) is 6. The zero-order chi connectivity index (χ0) is 22.7. The lowest BCUT2D eigenvalue weighted by atomic mass is 10.00. The molecule has 2 aromatic carbocycles. The number of nitriles is 1. The summed E-state index contributed by atoms with van der Waals surface area (Å²) in [6.45, 7) is 0.217. The van der Waals surface area contributed by atoms with Crippen LogP contribution in [0.2, 0.25) is 5.02 Å². The fraction of sp³-hybridized carbons (Fsp3) is 0.136. The predicted molar refractivity (Wildman–Crippen MR) is 117 cm³/mol. The van der Waals surface area contributed by atoms with Crippen LogP contribution in [0.1, 0.15) is 23.6 Å². The summed E-state index contributed by atoms with van der Waals surface area (Å²) in [5, 5.41) is 9.54. The van der Waals surface area contributed by atoms with Crippen molar-refractivity contribution in [2.45, 2.75) is 12.5 Å². The van der Waals surface area contributed by atoms with E-state index in [-0.39, 0.29) is 18.3 Å². The van der Waals surface area contributed by atoms with Crippen molar-refractivity contribution >= 4 is 33.8 Å². The Labute approximate surface area is 189 Å². The summed E-state index contributed by atoms with van der Waals surface area (Å²) in [4.78, 5) is 29.0. The summed E-state index contributed by atoms with van der Waals surface area (Å²) >= 11 is 6.39. The van der Waals surface area contributed by atoms with E-state index >= 15 is 0 Å². The highest BCUT2D eigenvalue weighted by Crippen LogP contribution is 2.41. The summed E-state index contributed by atoms with van der Waals surface area (Å²) < 4.78 is 23.0. The molecule has 6 rings (SSSR count). The van der Waals surface area contributed by atoms with Crippen LogP contribution in [0.25, 0.3) is 28.1 Å². The lowest BCUT2D eigenvalue weighted by Gasteiger charge is -2.27. The number of ether oxygens (including phenoxy) is 1. The van der Waals surface area contributed by atoms with E-state index in [9.17, 15) is 14.4 Å². The second kappa shape index (κ2) is 7.15. The molecule has 5 aromatic rings. The van der Waals surface area contributed by atoms with Gasteiger partial charge in [-0.05, 0) is 30.3 Å². The van der Waals surface area contributed by atoms with Gasteiger partial charge in [0.25, 0.3) is 0 Å². The normalized spacial score (nSPS) is 15.4. The van der Waals surface area contributed by atoms with Gasteiger partial charge in [0.1, 0.15) is 11.8 Å².